The normalized spacial score (nSPS) is 10.7. The Hall–Kier alpha value is -2.20. The monoisotopic (exact) mass is 301 g/mol. The fourth-order valence-corrected chi connectivity index (χ4v) is 2.65. The summed E-state index contributed by atoms with van der Waals surface area (Å²) in [6.45, 7) is 0.470. The quantitative estimate of drug-likeness (QED) is 0.821. The Morgan fingerprint density at radius 1 is 1.19 bits per heavy atom. The molecule has 1 aromatic carbocycles. The summed E-state index contributed by atoms with van der Waals surface area (Å²) in [6.07, 6.45) is 3.26. The molecule has 3 N–H and O–H groups in total. The number of hydrogen-bond acceptors (Lipinski definition) is 4. The number of nitrogens with zero attached hydrogens (tertiary/aromatic N) is 1. The van der Waals surface area contributed by atoms with Crippen LogP contribution in [0.4, 0.5) is 0 Å². The lowest BCUT2D eigenvalue weighted by atomic mass is 10.2. The zero-order chi connectivity index (χ0) is 15.1. The van der Waals surface area contributed by atoms with Crippen LogP contribution in [0, 0.1) is 11.8 Å². The Kier molecular flexibility index (Phi) is 5.06. The lowest BCUT2D eigenvalue weighted by Gasteiger charge is -2.06. The average molecular weight is 301 g/mol. The molecule has 6 heteroatoms. The van der Waals surface area contributed by atoms with Crippen LogP contribution in [0.3, 0.4) is 0 Å². The van der Waals surface area contributed by atoms with Gasteiger partial charge in [-0.15, -0.1) is 0 Å². The second-order valence-electron chi connectivity index (χ2n) is 4.22. The van der Waals surface area contributed by atoms with Gasteiger partial charge in [0.1, 0.15) is 0 Å². The van der Waals surface area contributed by atoms with Crippen molar-refractivity contribution in [2.24, 2.45) is 5.73 Å². The first kappa shape index (κ1) is 15.2. The Morgan fingerprint density at radius 3 is 2.57 bits per heavy atom. The molecule has 0 atom stereocenters. The minimum absolute atomic E-state index is 0.199. The van der Waals surface area contributed by atoms with Crippen LogP contribution in [0.1, 0.15) is 11.1 Å². The molecule has 0 spiro atoms. The molecule has 5 nitrogen and oxygen atoms in total. The molecule has 0 amide bonds. The third-order valence-corrected chi connectivity index (χ3v) is 4.11. The molecule has 1 aromatic heterocycles. The van der Waals surface area contributed by atoms with Crippen molar-refractivity contribution in [1.82, 2.24) is 9.71 Å². The summed E-state index contributed by atoms with van der Waals surface area (Å²) in [5.41, 5.74) is 6.81. The van der Waals surface area contributed by atoms with Gasteiger partial charge in [0.05, 0.1) is 11.4 Å². The summed E-state index contributed by atoms with van der Waals surface area (Å²) < 4.78 is 26.8. The number of nitrogens with two attached hydrogens (primary N) is 1. The third kappa shape index (κ3) is 4.39. The summed E-state index contributed by atoms with van der Waals surface area (Å²) in [4.78, 5) is 4.14. The van der Waals surface area contributed by atoms with Gasteiger partial charge in [-0.25, -0.2) is 13.1 Å². The molecule has 0 aliphatic rings. The highest BCUT2D eigenvalue weighted by Gasteiger charge is 2.13. The zero-order valence-electron chi connectivity index (χ0n) is 11.3. The molecule has 21 heavy (non-hydrogen) atoms. The maximum absolute atomic E-state index is 12.1. The maximum atomic E-state index is 12.1. The lowest BCUT2D eigenvalue weighted by molar-refractivity contribution is 0.581. The van der Waals surface area contributed by atoms with Crippen LogP contribution in [-0.2, 0) is 16.6 Å². The van der Waals surface area contributed by atoms with Gasteiger partial charge < -0.3 is 5.73 Å². The molecule has 0 saturated heterocycles. The standard InChI is InChI=1S/C15H15N3O2S/c16-9-1-3-13-5-7-15(8-6-13)21(19,20)18-12-14-4-2-10-17-11-14/h2,4-8,10-11,18H,9,12,16H2. The Labute approximate surface area is 124 Å². The number of sulfonamides is 1. The molecule has 0 unspecified atom stereocenters. The summed E-state index contributed by atoms with van der Waals surface area (Å²) >= 11 is 0. The van der Waals surface area contributed by atoms with Gasteiger partial charge in [0.2, 0.25) is 10.0 Å². The van der Waals surface area contributed by atoms with Crippen molar-refractivity contribution in [3.8, 4) is 11.8 Å². The second-order valence-corrected chi connectivity index (χ2v) is 5.98. The van der Waals surface area contributed by atoms with Gasteiger partial charge in [0.15, 0.2) is 0 Å². The van der Waals surface area contributed by atoms with E-state index in [2.05, 4.69) is 21.5 Å². The molecule has 108 valence electrons. The number of rotatable bonds is 4. The molecule has 1 heterocycles. The molecule has 0 saturated carbocycles. The van der Waals surface area contributed by atoms with Crippen molar-refractivity contribution in [2.45, 2.75) is 11.4 Å². The van der Waals surface area contributed by atoms with Crippen molar-refractivity contribution in [3.63, 3.8) is 0 Å². The van der Waals surface area contributed by atoms with Crippen LogP contribution in [0.25, 0.3) is 0 Å². The smallest absolute Gasteiger partial charge is 0.240 e. The molecule has 0 radical (unpaired) electrons. The largest absolute Gasteiger partial charge is 0.320 e. The van der Waals surface area contributed by atoms with E-state index in [0.29, 0.717) is 0 Å². The molecule has 0 fully saturated rings. The Morgan fingerprint density at radius 2 is 1.95 bits per heavy atom. The van der Waals surface area contributed by atoms with E-state index in [1.165, 1.54) is 12.1 Å². The molecule has 0 aliphatic carbocycles. The van der Waals surface area contributed by atoms with Crippen LogP contribution in [0.5, 0.6) is 0 Å². The van der Waals surface area contributed by atoms with Crippen molar-refractivity contribution < 1.29 is 8.42 Å². The summed E-state index contributed by atoms with van der Waals surface area (Å²) in [6, 6.07) is 9.91. The van der Waals surface area contributed by atoms with E-state index >= 15 is 0 Å². The van der Waals surface area contributed by atoms with Crippen molar-refractivity contribution in [3.05, 3.63) is 59.9 Å². The highest BCUT2D eigenvalue weighted by atomic mass is 32.2. The van der Waals surface area contributed by atoms with Crippen molar-refractivity contribution in [1.29, 1.82) is 0 Å². The van der Waals surface area contributed by atoms with E-state index in [1.807, 2.05) is 0 Å². The van der Waals surface area contributed by atoms with Gasteiger partial charge in [-0.05, 0) is 35.9 Å². The van der Waals surface area contributed by atoms with Gasteiger partial charge in [0.25, 0.3) is 0 Å². The lowest BCUT2D eigenvalue weighted by Crippen LogP contribution is -2.23. The van der Waals surface area contributed by atoms with E-state index in [-0.39, 0.29) is 18.0 Å². The number of benzene rings is 1. The Balaban J connectivity index is 2.09. The highest BCUT2D eigenvalue weighted by Crippen LogP contribution is 2.10. The number of pyridine rings is 1. The van der Waals surface area contributed by atoms with Crippen molar-refractivity contribution >= 4 is 10.0 Å². The summed E-state index contributed by atoms with van der Waals surface area (Å²) in [5, 5.41) is 0. The molecule has 0 aliphatic heterocycles. The van der Waals surface area contributed by atoms with Gasteiger partial charge >= 0.3 is 0 Å². The fourth-order valence-electron chi connectivity index (χ4n) is 1.63. The Bertz CT molecular complexity index is 745. The molecular weight excluding hydrogens is 286 g/mol. The van der Waals surface area contributed by atoms with Gasteiger partial charge in [0, 0.05) is 24.5 Å². The summed E-state index contributed by atoms with van der Waals surface area (Å²) in [5.74, 6) is 5.56. The van der Waals surface area contributed by atoms with Crippen LogP contribution in [0.2, 0.25) is 0 Å². The minimum Gasteiger partial charge on any atom is -0.320 e. The fraction of sp³-hybridized carbons (Fsp3) is 0.133. The molecular formula is C15H15N3O2S. The number of hydrogen-bond donors (Lipinski definition) is 2. The number of nitrogens with one attached hydrogen (secondary N) is 1. The predicted octanol–water partition coefficient (Wildman–Crippen LogP) is 0.870. The van der Waals surface area contributed by atoms with Crippen molar-refractivity contribution in [2.75, 3.05) is 6.54 Å². The SMILES string of the molecule is NCC#Cc1ccc(S(=O)(=O)NCc2cccnc2)cc1. The van der Waals surface area contributed by atoms with Crippen LogP contribution >= 0.6 is 0 Å². The van der Waals surface area contributed by atoms with Gasteiger partial charge in [-0.3, -0.25) is 4.98 Å². The van der Waals surface area contributed by atoms with E-state index in [1.54, 1.807) is 36.7 Å². The van der Waals surface area contributed by atoms with Gasteiger partial charge in [-0.1, -0.05) is 17.9 Å². The predicted molar refractivity (Wildman–Crippen MR) is 80.6 cm³/mol. The molecule has 2 rings (SSSR count). The van der Waals surface area contributed by atoms with E-state index < -0.39 is 10.0 Å². The van der Waals surface area contributed by atoms with Crippen LogP contribution in [0.15, 0.2) is 53.7 Å². The highest BCUT2D eigenvalue weighted by molar-refractivity contribution is 7.89. The van der Waals surface area contributed by atoms with Crippen LogP contribution in [-0.4, -0.2) is 19.9 Å². The first-order valence-electron chi connectivity index (χ1n) is 6.29. The van der Waals surface area contributed by atoms with E-state index in [0.717, 1.165) is 11.1 Å². The molecule has 2 aromatic rings. The number of aromatic nitrogens is 1. The minimum atomic E-state index is -3.55. The average Bonchev–Trinajstić information content (AvgIpc) is 2.52. The summed E-state index contributed by atoms with van der Waals surface area (Å²) in [7, 11) is -3.55. The first-order chi connectivity index (χ1) is 10.1. The second kappa shape index (κ2) is 6.99. The van der Waals surface area contributed by atoms with E-state index in [4.69, 9.17) is 5.73 Å². The maximum Gasteiger partial charge on any atom is 0.240 e. The van der Waals surface area contributed by atoms with Crippen LogP contribution < -0.4 is 10.5 Å². The third-order valence-electron chi connectivity index (χ3n) is 2.69. The van der Waals surface area contributed by atoms with E-state index in [9.17, 15) is 8.42 Å². The first-order valence-corrected chi connectivity index (χ1v) is 7.78. The molecule has 0 bridgehead atoms. The topological polar surface area (TPSA) is 85.1 Å². The van der Waals surface area contributed by atoms with Gasteiger partial charge in [-0.2, -0.15) is 0 Å². The zero-order valence-corrected chi connectivity index (χ0v) is 12.1.